The van der Waals surface area contributed by atoms with Gasteiger partial charge in [-0.15, -0.1) is 0 Å². The molecule has 2 atom stereocenters. The lowest BCUT2D eigenvalue weighted by Gasteiger charge is -2.39. The van der Waals surface area contributed by atoms with Gasteiger partial charge in [0.05, 0.1) is 5.60 Å². The van der Waals surface area contributed by atoms with Crippen molar-refractivity contribution in [2.24, 2.45) is 5.92 Å². The van der Waals surface area contributed by atoms with Crippen LogP contribution in [0.25, 0.3) is 0 Å². The van der Waals surface area contributed by atoms with E-state index in [-0.39, 0.29) is 5.92 Å². The topological polar surface area (TPSA) is 71.2 Å². The van der Waals surface area contributed by atoms with Crippen LogP contribution in [-0.2, 0) is 5.60 Å². The Morgan fingerprint density at radius 2 is 2.47 bits per heavy atom. The molecule has 1 aliphatic heterocycles. The summed E-state index contributed by atoms with van der Waals surface area (Å²) in [5.74, 6) is 0.151. The number of piperidine rings is 1. The van der Waals surface area contributed by atoms with Crippen molar-refractivity contribution in [3.8, 4) is 0 Å². The van der Waals surface area contributed by atoms with Crippen molar-refractivity contribution in [3.63, 3.8) is 0 Å². The van der Waals surface area contributed by atoms with E-state index in [0.29, 0.717) is 12.1 Å². The van der Waals surface area contributed by atoms with Crippen LogP contribution in [0.1, 0.15) is 18.9 Å². The second-order valence-electron chi connectivity index (χ2n) is 4.24. The summed E-state index contributed by atoms with van der Waals surface area (Å²) in [5, 5.41) is 13.9. The smallest absolute Gasteiger partial charge is 0.0980 e. The lowest BCUT2D eigenvalue weighted by molar-refractivity contribution is -0.0388. The van der Waals surface area contributed by atoms with Gasteiger partial charge >= 0.3 is 0 Å². The highest BCUT2D eigenvalue weighted by Crippen LogP contribution is 2.37. The maximum absolute atomic E-state index is 10.6. The Labute approximate surface area is 89.5 Å². The summed E-state index contributed by atoms with van der Waals surface area (Å²) >= 11 is 0. The van der Waals surface area contributed by atoms with Crippen molar-refractivity contribution in [2.45, 2.75) is 18.9 Å². The molecule has 0 spiro atoms. The number of aromatic nitrogens is 1. The number of hydrogen-bond donors (Lipinski definition) is 3. The van der Waals surface area contributed by atoms with Gasteiger partial charge in [0.1, 0.15) is 0 Å². The molecule has 1 saturated heterocycles. The second-order valence-corrected chi connectivity index (χ2v) is 4.24. The Morgan fingerprint density at radius 1 is 1.67 bits per heavy atom. The van der Waals surface area contributed by atoms with Gasteiger partial charge in [-0.1, -0.05) is 6.92 Å². The van der Waals surface area contributed by atoms with Crippen LogP contribution < -0.4 is 11.1 Å². The fourth-order valence-electron chi connectivity index (χ4n) is 2.18. The SMILES string of the molecule is CC1CNCCC1(O)c1cnccc1N. The Kier molecular flexibility index (Phi) is 2.63. The maximum Gasteiger partial charge on any atom is 0.0980 e. The highest BCUT2D eigenvalue weighted by Gasteiger charge is 2.39. The standard InChI is InChI=1S/C11H17N3O/c1-8-6-14-5-3-11(8,15)9-7-13-4-2-10(9)12/h2,4,7-8,14-15H,3,5-6H2,1H3,(H2,12,13). The largest absolute Gasteiger partial charge is 0.398 e. The minimum Gasteiger partial charge on any atom is -0.398 e. The summed E-state index contributed by atoms with van der Waals surface area (Å²) in [7, 11) is 0. The minimum absolute atomic E-state index is 0.151. The normalized spacial score (nSPS) is 31.5. The predicted molar refractivity (Wildman–Crippen MR) is 59.2 cm³/mol. The van der Waals surface area contributed by atoms with Crippen molar-refractivity contribution >= 4 is 5.69 Å². The summed E-state index contributed by atoms with van der Waals surface area (Å²) in [5.41, 5.74) is 6.44. The molecule has 4 heteroatoms. The van der Waals surface area contributed by atoms with Crippen LogP contribution in [0.15, 0.2) is 18.5 Å². The van der Waals surface area contributed by atoms with Crippen LogP contribution >= 0.6 is 0 Å². The van der Waals surface area contributed by atoms with Crippen LogP contribution in [0, 0.1) is 5.92 Å². The van der Waals surface area contributed by atoms with Gasteiger partial charge < -0.3 is 16.2 Å². The summed E-state index contributed by atoms with van der Waals surface area (Å²) < 4.78 is 0. The molecule has 4 nitrogen and oxygen atoms in total. The first-order valence-electron chi connectivity index (χ1n) is 5.27. The third-order valence-corrected chi connectivity index (χ3v) is 3.27. The Morgan fingerprint density at radius 3 is 3.13 bits per heavy atom. The van der Waals surface area contributed by atoms with E-state index in [0.717, 1.165) is 18.7 Å². The quantitative estimate of drug-likeness (QED) is 0.626. The van der Waals surface area contributed by atoms with Gasteiger partial charge in [-0.05, 0) is 19.0 Å². The average Bonchev–Trinajstić information content (AvgIpc) is 2.23. The molecule has 1 aromatic rings. The van der Waals surface area contributed by atoms with E-state index in [1.54, 1.807) is 18.5 Å². The molecule has 1 fully saturated rings. The Hall–Kier alpha value is -1.13. The molecule has 0 saturated carbocycles. The van der Waals surface area contributed by atoms with Gasteiger partial charge in [-0.25, -0.2) is 0 Å². The number of hydrogen-bond acceptors (Lipinski definition) is 4. The van der Waals surface area contributed by atoms with E-state index < -0.39 is 5.60 Å². The first-order valence-corrected chi connectivity index (χ1v) is 5.27. The predicted octanol–water partition coefficient (Wildman–Crippen LogP) is 0.481. The lowest BCUT2D eigenvalue weighted by atomic mass is 9.77. The van der Waals surface area contributed by atoms with Gasteiger partial charge in [0, 0.05) is 36.1 Å². The number of rotatable bonds is 1. The highest BCUT2D eigenvalue weighted by molar-refractivity contribution is 5.48. The summed E-state index contributed by atoms with van der Waals surface area (Å²) in [6, 6.07) is 1.74. The van der Waals surface area contributed by atoms with E-state index in [9.17, 15) is 5.11 Å². The van der Waals surface area contributed by atoms with Gasteiger partial charge in [0.15, 0.2) is 0 Å². The van der Waals surface area contributed by atoms with Crippen molar-refractivity contribution < 1.29 is 5.11 Å². The maximum atomic E-state index is 10.6. The van der Waals surface area contributed by atoms with Crippen LogP contribution in [-0.4, -0.2) is 23.2 Å². The number of anilines is 1. The van der Waals surface area contributed by atoms with Gasteiger partial charge in [0.2, 0.25) is 0 Å². The molecular formula is C11H17N3O. The molecule has 1 aliphatic rings. The van der Waals surface area contributed by atoms with E-state index in [1.807, 2.05) is 6.92 Å². The summed E-state index contributed by atoms with van der Waals surface area (Å²) in [6.45, 7) is 3.65. The second kappa shape index (κ2) is 3.79. The lowest BCUT2D eigenvalue weighted by Crippen LogP contribution is -2.47. The third-order valence-electron chi connectivity index (χ3n) is 3.27. The molecule has 2 rings (SSSR count). The summed E-state index contributed by atoms with van der Waals surface area (Å²) in [6.07, 6.45) is 4.01. The first-order chi connectivity index (χ1) is 7.14. The number of nitrogens with zero attached hydrogens (tertiary/aromatic N) is 1. The number of nitrogen functional groups attached to an aromatic ring is 1. The van der Waals surface area contributed by atoms with Crippen LogP contribution in [0.2, 0.25) is 0 Å². The third kappa shape index (κ3) is 1.70. The molecule has 0 bridgehead atoms. The van der Waals surface area contributed by atoms with E-state index >= 15 is 0 Å². The molecule has 15 heavy (non-hydrogen) atoms. The van der Waals surface area contributed by atoms with Gasteiger partial charge in [0.25, 0.3) is 0 Å². The molecule has 2 heterocycles. The monoisotopic (exact) mass is 207 g/mol. The molecular weight excluding hydrogens is 190 g/mol. The molecule has 82 valence electrons. The van der Waals surface area contributed by atoms with Crippen LogP contribution in [0.3, 0.4) is 0 Å². The number of nitrogens with one attached hydrogen (secondary N) is 1. The van der Waals surface area contributed by atoms with Crippen molar-refractivity contribution in [3.05, 3.63) is 24.0 Å². The molecule has 0 aliphatic carbocycles. The number of pyridine rings is 1. The van der Waals surface area contributed by atoms with E-state index in [1.165, 1.54) is 0 Å². The fraction of sp³-hybridized carbons (Fsp3) is 0.545. The zero-order chi connectivity index (χ0) is 10.9. The molecule has 0 aromatic carbocycles. The average molecular weight is 207 g/mol. The minimum atomic E-state index is -0.830. The number of aliphatic hydroxyl groups is 1. The van der Waals surface area contributed by atoms with Crippen molar-refractivity contribution in [2.75, 3.05) is 18.8 Å². The molecule has 4 N–H and O–H groups in total. The zero-order valence-corrected chi connectivity index (χ0v) is 8.90. The Balaban J connectivity index is 2.39. The Bertz CT molecular complexity index is 355. The number of nitrogens with two attached hydrogens (primary N) is 1. The molecule has 2 unspecified atom stereocenters. The van der Waals surface area contributed by atoms with Crippen LogP contribution in [0.5, 0.6) is 0 Å². The van der Waals surface area contributed by atoms with E-state index in [4.69, 9.17) is 5.73 Å². The van der Waals surface area contributed by atoms with Gasteiger partial charge in [-0.3, -0.25) is 4.98 Å². The van der Waals surface area contributed by atoms with Crippen LogP contribution in [0.4, 0.5) is 5.69 Å². The summed E-state index contributed by atoms with van der Waals surface area (Å²) in [4.78, 5) is 4.04. The van der Waals surface area contributed by atoms with E-state index in [2.05, 4.69) is 10.3 Å². The van der Waals surface area contributed by atoms with Crippen molar-refractivity contribution in [1.29, 1.82) is 0 Å². The first kappa shape index (κ1) is 10.4. The molecule has 0 radical (unpaired) electrons. The van der Waals surface area contributed by atoms with Gasteiger partial charge in [-0.2, -0.15) is 0 Å². The highest BCUT2D eigenvalue weighted by atomic mass is 16.3. The fourth-order valence-corrected chi connectivity index (χ4v) is 2.18. The van der Waals surface area contributed by atoms with Crippen molar-refractivity contribution in [1.82, 2.24) is 10.3 Å². The molecule has 0 amide bonds. The zero-order valence-electron chi connectivity index (χ0n) is 8.90. The molecule has 1 aromatic heterocycles.